The smallest absolute Gasteiger partial charge is 0.0655 e. The van der Waals surface area contributed by atoms with E-state index in [4.69, 9.17) is 4.74 Å². The maximum Gasteiger partial charge on any atom is 0.0655 e. The summed E-state index contributed by atoms with van der Waals surface area (Å²) in [7, 11) is 0. The van der Waals surface area contributed by atoms with Gasteiger partial charge in [0.1, 0.15) is 0 Å². The topological polar surface area (TPSA) is 21.3 Å². The highest BCUT2D eigenvalue weighted by Gasteiger charge is 2.49. The molecule has 1 N–H and O–H groups in total. The van der Waals surface area contributed by atoms with E-state index in [1.165, 1.54) is 38.6 Å². The third kappa shape index (κ3) is 2.46. The zero-order valence-corrected chi connectivity index (χ0v) is 12.2. The summed E-state index contributed by atoms with van der Waals surface area (Å²) >= 11 is 0. The zero-order valence-electron chi connectivity index (χ0n) is 12.2. The van der Waals surface area contributed by atoms with Crippen LogP contribution >= 0.6 is 0 Å². The third-order valence-corrected chi connectivity index (χ3v) is 5.60. The molecule has 0 aromatic carbocycles. The predicted octanol–water partition coefficient (Wildman–Crippen LogP) is 3.22. The molecule has 0 heterocycles. The van der Waals surface area contributed by atoms with Crippen molar-refractivity contribution in [2.45, 2.75) is 65.0 Å². The molecule has 0 aromatic rings. The summed E-state index contributed by atoms with van der Waals surface area (Å²) in [6.45, 7) is 8.94. The Labute approximate surface area is 112 Å². The van der Waals surface area contributed by atoms with Crippen molar-refractivity contribution in [3.63, 3.8) is 0 Å². The van der Waals surface area contributed by atoms with Gasteiger partial charge in [-0.05, 0) is 63.3 Å². The van der Waals surface area contributed by atoms with Crippen LogP contribution in [-0.2, 0) is 4.74 Å². The Morgan fingerprint density at radius 2 is 1.78 bits per heavy atom. The highest BCUT2D eigenvalue weighted by Crippen LogP contribution is 2.49. The van der Waals surface area contributed by atoms with Gasteiger partial charge in [-0.25, -0.2) is 0 Å². The summed E-state index contributed by atoms with van der Waals surface area (Å²) in [5.74, 6) is 3.12. The average molecular weight is 251 g/mol. The summed E-state index contributed by atoms with van der Waals surface area (Å²) in [5, 5.41) is 3.86. The zero-order chi connectivity index (χ0) is 12.8. The van der Waals surface area contributed by atoms with Crippen molar-refractivity contribution in [2.75, 3.05) is 13.2 Å². The van der Waals surface area contributed by atoms with E-state index >= 15 is 0 Å². The van der Waals surface area contributed by atoms with E-state index < -0.39 is 0 Å². The molecule has 3 saturated carbocycles. The minimum Gasteiger partial charge on any atom is -0.378 e. The molecule has 2 heteroatoms. The van der Waals surface area contributed by atoms with Crippen LogP contribution in [0.15, 0.2) is 0 Å². The SMILES string of the molecule is CCOC1CC(NCC(C2CC2)C2CC2)C1(C)C. The van der Waals surface area contributed by atoms with Gasteiger partial charge in [-0.3, -0.25) is 0 Å². The maximum atomic E-state index is 5.81. The molecule has 3 aliphatic carbocycles. The largest absolute Gasteiger partial charge is 0.378 e. The van der Waals surface area contributed by atoms with Gasteiger partial charge in [0.2, 0.25) is 0 Å². The van der Waals surface area contributed by atoms with E-state index in [2.05, 4.69) is 26.1 Å². The van der Waals surface area contributed by atoms with Gasteiger partial charge in [0.05, 0.1) is 6.10 Å². The van der Waals surface area contributed by atoms with Crippen molar-refractivity contribution in [1.29, 1.82) is 0 Å². The summed E-state index contributed by atoms with van der Waals surface area (Å²) < 4.78 is 5.81. The lowest BCUT2D eigenvalue weighted by Gasteiger charge is -2.52. The fourth-order valence-electron chi connectivity index (χ4n) is 3.76. The van der Waals surface area contributed by atoms with Gasteiger partial charge in [-0.15, -0.1) is 0 Å². The molecule has 0 aliphatic heterocycles. The molecule has 0 amide bonds. The molecule has 3 aliphatic rings. The summed E-state index contributed by atoms with van der Waals surface area (Å²) in [6, 6.07) is 0.675. The first-order chi connectivity index (χ1) is 8.63. The van der Waals surface area contributed by atoms with E-state index in [1.54, 1.807) is 0 Å². The van der Waals surface area contributed by atoms with Crippen molar-refractivity contribution in [3.05, 3.63) is 0 Å². The quantitative estimate of drug-likeness (QED) is 0.750. The summed E-state index contributed by atoms with van der Waals surface area (Å²) in [4.78, 5) is 0. The van der Waals surface area contributed by atoms with E-state index in [0.29, 0.717) is 17.6 Å². The Kier molecular flexibility index (Phi) is 3.44. The molecule has 0 saturated heterocycles. The molecule has 2 unspecified atom stereocenters. The Hall–Kier alpha value is -0.0800. The molecule has 18 heavy (non-hydrogen) atoms. The van der Waals surface area contributed by atoms with Crippen molar-refractivity contribution in [1.82, 2.24) is 5.32 Å². The van der Waals surface area contributed by atoms with Gasteiger partial charge in [-0.1, -0.05) is 13.8 Å². The highest BCUT2D eigenvalue weighted by atomic mass is 16.5. The number of ether oxygens (including phenoxy) is 1. The lowest BCUT2D eigenvalue weighted by molar-refractivity contribution is -0.114. The normalized spacial score (nSPS) is 34.7. The monoisotopic (exact) mass is 251 g/mol. The molecule has 2 atom stereocenters. The second kappa shape index (κ2) is 4.79. The average Bonchev–Trinajstić information content (AvgIpc) is 3.19. The summed E-state index contributed by atoms with van der Waals surface area (Å²) in [5.41, 5.74) is 0.327. The molecular formula is C16H29NO. The van der Waals surface area contributed by atoms with Gasteiger partial charge in [0.25, 0.3) is 0 Å². The van der Waals surface area contributed by atoms with E-state index in [1.807, 2.05) is 0 Å². The highest BCUT2D eigenvalue weighted by molar-refractivity contribution is 5.03. The Balaban J connectivity index is 1.46. The van der Waals surface area contributed by atoms with Crippen LogP contribution in [0.3, 0.4) is 0 Å². The molecule has 104 valence electrons. The van der Waals surface area contributed by atoms with E-state index in [-0.39, 0.29) is 0 Å². The van der Waals surface area contributed by atoms with Gasteiger partial charge < -0.3 is 10.1 Å². The Morgan fingerprint density at radius 1 is 1.17 bits per heavy atom. The van der Waals surface area contributed by atoms with Crippen LogP contribution in [0.5, 0.6) is 0 Å². The molecule has 0 aromatic heterocycles. The third-order valence-electron chi connectivity index (χ3n) is 5.60. The van der Waals surface area contributed by atoms with Crippen molar-refractivity contribution >= 4 is 0 Å². The second-order valence-electron chi connectivity index (χ2n) is 7.30. The predicted molar refractivity (Wildman–Crippen MR) is 74.5 cm³/mol. The van der Waals surface area contributed by atoms with Crippen molar-refractivity contribution in [3.8, 4) is 0 Å². The van der Waals surface area contributed by atoms with Crippen molar-refractivity contribution < 1.29 is 4.74 Å². The van der Waals surface area contributed by atoms with Crippen LogP contribution in [0.25, 0.3) is 0 Å². The lowest BCUT2D eigenvalue weighted by atomic mass is 9.64. The fourth-order valence-corrected chi connectivity index (χ4v) is 3.76. The van der Waals surface area contributed by atoms with Crippen LogP contribution in [-0.4, -0.2) is 25.3 Å². The minimum absolute atomic E-state index is 0.327. The molecule has 0 bridgehead atoms. The first-order valence-electron chi connectivity index (χ1n) is 7.98. The molecule has 2 nitrogen and oxygen atoms in total. The fraction of sp³-hybridized carbons (Fsp3) is 1.00. The molecule has 3 fully saturated rings. The second-order valence-corrected chi connectivity index (χ2v) is 7.30. The van der Waals surface area contributed by atoms with Gasteiger partial charge in [0, 0.05) is 18.1 Å². The van der Waals surface area contributed by atoms with E-state index in [0.717, 1.165) is 24.4 Å². The number of hydrogen-bond acceptors (Lipinski definition) is 2. The Morgan fingerprint density at radius 3 is 2.22 bits per heavy atom. The van der Waals surface area contributed by atoms with E-state index in [9.17, 15) is 0 Å². The summed E-state index contributed by atoms with van der Waals surface area (Å²) in [6.07, 6.45) is 7.68. The number of nitrogens with one attached hydrogen (secondary N) is 1. The molecule has 0 radical (unpaired) electrons. The molecule has 3 rings (SSSR count). The number of rotatable bonds is 7. The van der Waals surface area contributed by atoms with Crippen LogP contribution < -0.4 is 5.32 Å². The van der Waals surface area contributed by atoms with Crippen LogP contribution in [0.2, 0.25) is 0 Å². The first-order valence-corrected chi connectivity index (χ1v) is 7.98. The van der Waals surface area contributed by atoms with Crippen LogP contribution in [0.4, 0.5) is 0 Å². The van der Waals surface area contributed by atoms with Crippen LogP contribution in [0.1, 0.15) is 52.9 Å². The number of hydrogen-bond donors (Lipinski definition) is 1. The van der Waals surface area contributed by atoms with Crippen LogP contribution in [0, 0.1) is 23.2 Å². The molecule has 0 spiro atoms. The van der Waals surface area contributed by atoms with Gasteiger partial charge >= 0.3 is 0 Å². The molecular weight excluding hydrogens is 222 g/mol. The lowest BCUT2D eigenvalue weighted by Crippen LogP contribution is -2.61. The van der Waals surface area contributed by atoms with Crippen molar-refractivity contribution in [2.24, 2.45) is 23.2 Å². The van der Waals surface area contributed by atoms with Gasteiger partial charge in [-0.2, -0.15) is 0 Å². The maximum absolute atomic E-state index is 5.81. The Bertz CT molecular complexity index is 281. The van der Waals surface area contributed by atoms with Gasteiger partial charge in [0.15, 0.2) is 0 Å². The minimum atomic E-state index is 0.327. The first kappa shape index (κ1) is 12.9. The standard InChI is InChI=1S/C16H29NO/c1-4-18-15-9-14(16(15,2)3)17-10-13(11-5-6-11)12-7-8-12/h11-15,17H,4-10H2,1-3H3.